The molecule has 1 heterocycles. The van der Waals surface area contributed by atoms with Crippen LogP contribution in [0.3, 0.4) is 0 Å². The van der Waals surface area contributed by atoms with Crippen LogP contribution in [0.2, 0.25) is 0 Å². The molecule has 21 heavy (non-hydrogen) atoms. The summed E-state index contributed by atoms with van der Waals surface area (Å²) in [7, 11) is 0. The first-order valence-electron chi connectivity index (χ1n) is 7.87. The van der Waals surface area contributed by atoms with Crippen molar-refractivity contribution >= 4 is 17.0 Å². The fourth-order valence-electron chi connectivity index (χ4n) is 2.78. The molecular weight excluding hydrogens is 262 g/mol. The number of benzene rings is 1. The third-order valence-corrected chi connectivity index (χ3v) is 3.95. The maximum Gasteiger partial charge on any atom is 0.201 e. The molecule has 4 heteroatoms. The predicted octanol–water partition coefficient (Wildman–Crippen LogP) is 4.40. The monoisotopic (exact) mass is 289 g/mol. The third kappa shape index (κ3) is 3.31. The third-order valence-electron chi connectivity index (χ3n) is 3.95. The first-order chi connectivity index (χ1) is 9.93. The van der Waals surface area contributed by atoms with Crippen LogP contribution in [-0.4, -0.2) is 15.7 Å². The second kappa shape index (κ2) is 6.37. The van der Waals surface area contributed by atoms with Gasteiger partial charge in [0.15, 0.2) is 0 Å². The molecule has 1 aromatic heterocycles. The highest BCUT2D eigenvalue weighted by Crippen LogP contribution is 2.32. The van der Waals surface area contributed by atoms with Crippen molar-refractivity contribution in [3.63, 3.8) is 0 Å². The zero-order chi connectivity index (χ0) is 15.6. The average molecular weight is 289 g/mol. The highest BCUT2D eigenvalue weighted by molar-refractivity contribution is 5.84. The second-order valence-corrected chi connectivity index (χ2v) is 6.23. The first kappa shape index (κ1) is 15.7. The van der Waals surface area contributed by atoms with Gasteiger partial charge in [0.25, 0.3) is 0 Å². The number of para-hydroxylation sites is 1. The van der Waals surface area contributed by atoms with E-state index in [2.05, 4.69) is 36.4 Å². The summed E-state index contributed by atoms with van der Waals surface area (Å²) < 4.78 is 7.98. The van der Waals surface area contributed by atoms with Gasteiger partial charge < -0.3 is 15.0 Å². The van der Waals surface area contributed by atoms with Gasteiger partial charge in [0.2, 0.25) is 5.95 Å². The number of imidazole rings is 1. The van der Waals surface area contributed by atoms with Crippen LogP contribution in [0.15, 0.2) is 18.2 Å². The van der Waals surface area contributed by atoms with Crippen LogP contribution in [0.5, 0.6) is 5.75 Å². The van der Waals surface area contributed by atoms with E-state index in [1.807, 2.05) is 26.0 Å². The molecule has 1 aromatic carbocycles. The van der Waals surface area contributed by atoms with Gasteiger partial charge in [0.1, 0.15) is 11.3 Å². The number of anilines is 1. The van der Waals surface area contributed by atoms with Crippen molar-refractivity contribution in [2.75, 3.05) is 5.73 Å². The number of ether oxygens (including phenoxy) is 1. The van der Waals surface area contributed by atoms with Gasteiger partial charge in [0.05, 0.1) is 11.6 Å². The molecule has 2 N–H and O–H groups in total. The Bertz CT molecular complexity index is 603. The first-order valence-corrected chi connectivity index (χ1v) is 7.87. The van der Waals surface area contributed by atoms with Crippen molar-refractivity contribution in [3.05, 3.63) is 18.2 Å². The van der Waals surface area contributed by atoms with Crippen LogP contribution < -0.4 is 10.5 Å². The molecule has 0 aliphatic rings. The molecule has 2 rings (SSSR count). The van der Waals surface area contributed by atoms with Crippen molar-refractivity contribution in [2.45, 2.75) is 59.6 Å². The number of aromatic nitrogens is 2. The molecule has 0 saturated carbocycles. The van der Waals surface area contributed by atoms with Crippen molar-refractivity contribution < 1.29 is 4.74 Å². The van der Waals surface area contributed by atoms with E-state index < -0.39 is 0 Å². The SMILES string of the molecule is CCC(C)CC(C)n1c(N)nc2c(OC(C)C)cccc21. The molecule has 4 nitrogen and oxygen atoms in total. The number of hydrogen-bond donors (Lipinski definition) is 1. The highest BCUT2D eigenvalue weighted by atomic mass is 16.5. The molecule has 0 radical (unpaired) electrons. The van der Waals surface area contributed by atoms with E-state index in [0.29, 0.717) is 17.9 Å². The number of hydrogen-bond acceptors (Lipinski definition) is 3. The summed E-state index contributed by atoms with van der Waals surface area (Å²) in [4.78, 5) is 4.54. The fraction of sp³-hybridized carbons (Fsp3) is 0.588. The molecule has 0 aliphatic carbocycles. The summed E-state index contributed by atoms with van der Waals surface area (Å²) in [5, 5.41) is 0. The van der Waals surface area contributed by atoms with E-state index in [-0.39, 0.29) is 6.10 Å². The van der Waals surface area contributed by atoms with E-state index in [0.717, 1.165) is 23.2 Å². The summed E-state index contributed by atoms with van der Waals surface area (Å²) in [6.07, 6.45) is 2.40. The Morgan fingerprint density at radius 3 is 2.57 bits per heavy atom. The average Bonchev–Trinajstić information content (AvgIpc) is 2.75. The van der Waals surface area contributed by atoms with E-state index in [1.54, 1.807) is 0 Å². The molecule has 0 aliphatic heterocycles. The number of nitrogen functional groups attached to an aromatic ring is 1. The Balaban J connectivity index is 2.43. The lowest BCUT2D eigenvalue weighted by atomic mass is 10.00. The number of rotatable bonds is 6. The summed E-state index contributed by atoms with van der Waals surface area (Å²) in [5.74, 6) is 2.05. The molecule has 0 amide bonds. The molecule has 2 atom stereocenters. The lowest BCUT2D eigenvalue weighted by Crippen LogP contribution is -2.12. The van der Waals surface area contributed by atoms with Gasteiger partial charge >= 0.3 is 0 Å². The lowest BCUT2D eigenvalue weighted by molar-refractivity contribution is 0.245. The van der Waals surface area contributed by atoms with E-state index in [1.165, 1.54) is 6.42 Å². The summed E-state index contributed by atoms with van der Waals surface area (Å²) in [6.45, 7) is 10.7. The minimum Gasteiger partial charge on any atom is -0.489 e. The summed E-state index contributed by atoms with van der Waals surface area (Å²) >= 11 is 0. The Labute approximate surface area is 127 Å². The highest BCUT2D eigenvalue weighted by Gasteiger charge is 2.18. The van der Waals surface area contributed by atoms with Crippen LogP contribution in [0, 0.1) is 5.92 Å². The molecule has 0 spiro atoms. The normalized spacial score (nSPS) is 14.6. The quantitative estimate of drug-likeness (QED) is 0.857. The molecule has 0 bridgehead atoms. The van der Waals surface area contributed by atoms with Crippen molar-refractivity contribution in [1.82, 2.24) is 9.55 Å². The Hall–Kier alpha value is -1.71. The van der Waals surface area contributed by atoms with Crippen LogP contribution in [0.25, 0.3) is 11.0 Å². The minimum atomic E-state index is 0.125. The van der Waals surface area contributed by atoms with Crippen molar-refractivity contribution in [2.24, 2.45) is 5.92 Å². The van der Waals surface area contributed by atoms with Gasteiger partial charge in [-0.1, -0.05) is 26.3 Å². The Morgan fingerprint density at radius 2 is 1.95 bits per heavy atom. The number of nitrogens with zero attached hydrogens (tertiary/aromatic N) is 2. The van der Waals surface area contributed by atoms with E-state index in [9.17, 15) is 0 Å². The zero-order valence-corrected chi connectivity index (χ0v) is 13.8. The van der Waals surface area contributed by atoms with Crippen LogP contribution in [0.4, 0.5) is 5.95 Å². The van der Waals surface area contributed by atoms with Gasteiger partial charge in [-0.15, -0.1) is 0 Å². The van der Waals surface area contributed by atoms with Gasteiger partial charge in [-0.3, -0.25) is 0 Å². The smallest absolute Gasteiger partial charge is 0.201 e. The van der Waals surface area contributed by atoms with Gasteiger partial charge in [-0.2, -0.15) is 0 Å². The predicted molar refractivity (Wildman–Crippen MR) is 88.7 cm³/mol. The van der Waals surface area contributed by atoms with Gasteiger partial charge in [-0.05, 0) is 45.2 Å². The summed E-state index contributed by atoms with van der Waals surface area (Å²) in [6, 6.07) is 6.37. The molecular formula is C17H27N3O. The maximum absolute atomic E-state index is 6.17. The maximum atomic E-state index is 6.17. The lowest BCUT2D eigenvalue weighted by Gasteiger charge is -2.19. The van der Waals surface area contributed by atoms with Crippen LogP contribution in [-0.2, 0) is 0 Å². The summed E-state index contributed by atoms with van der Waals surface area (Å²) in [5.41, 5.74) is 8.09. The van der Waals surface area contributed by atoms with Crippen molar-refractivity contribution in [3.8, 4) is 5.75 Å². The molecule has 2 aromatic rings. The molecule has 116 valence electrons. The molecule has 0 fully saturated rings. The second-order valence-electron chi connectivity index (χ2n) is 6.23. The minimum absolute atomic E-state index is 0.125. The van der Waals surface area contributed by atoms with Crippen LogP contribution in [0.1, 0.15) is 53.5 Å². The fourth-order valence-corrected chi connectivity index (χ4v) is 2.78. The Kier molecular flexibility index (Phi) is 4.76. The van der Waals surface area contributed by atoms with Gasteiger partial charge in [-0.25, -0.2) is 4.98 Å². The Morgan fingerprint density at radius 1 is 1.24 bits per heavy atom. The van der Waals surface area contributed by atoms with Crippen LogP contribution >= 0.6 is 0 Å². The number of fused-ring (bicyclic) bond motifs is 1. The molecule has 2 unspecified atom stereocenters. The largest absolute Gasteiger partial charge is 0.489 e. The van der Waals surface area contributed by atoms with E-state index in [4.69, 9.17) is 10.5 Å². The zero-order valence-electron chi connectivity index (χ0n) is 13.8. The number of nitrogens with two attached hydrogens (primary N) is 1. The standard InChI is InChI=1S/C17H27N3O/c1-6-12(4)10-13(5)20-14-8-7-9-15(21-11(2)3)16(14)19-17(20)18/h7-9,11-13H,6,10H2,1-5H3,(H2,18,19). The topological polar surface area (TPSA) is 53.1 Å². The van der Waals surface area contributed by atoms with Gasteiger partial charge in [0, 0.05) is 6.04 Å². The van der Waals surface area contributed by atoms with E-state index >= 15 is 0 Å². The molecule has 0 saturated heterocycles. The van der Waals surface area contributed by atoms with Crippen molar-refractivity contribution in [1.29, 1.82) is 0 Å².